The lowest BCUT2D eigenvalue weighted by atomic mass is 9.74. The maximum Gasteiger partial charge on any atom is 0.315 e. The highest BCUT2D eigenvalue weighted by Crippen LogP contribution is 2.34. The fourth-order valence-electron chi connectivity index (χ4n) is 3.08. The smallest absolute Gasteiger partial charge is 0.315 e. The molecule has 1 atom stereocenters. The number of urea groups is 1. The average molecular weight is 295 g/mol. The summed E-state index contributed by atoms with van der Waals surface area (Å²) in [4.78, 5) is 12.0. The van der Waals surface area contributed by atoms with Crippen LogP contribution in [0.5, 0.6) is 0 Å². The van der Waals surface area contributed by atoms with Crippen molar-refractivity contribution in [3.8, 4) is 0 Å². The summed E-state index contributed by atoms with van der Waals surface area (Å²) in [6.45, 7) is 6.48. The molecule has 118 valence electrons. The zero-order chi connectivity index (χ0) is 15.5. The number of carbonyl (C=O) groups excluding carboxylic acids is 1. The molecule has 21 heavy (non-hydrogen) atoms. The summed E-state index contributed by atoms with van der Waals surface area (Å²) < 4.78 is 5.16. The quantitative estimate of drug-likeness (QED) is 0.749. The third-order valence-corrected chi connectivity index (χ3v) is 4.43. The van der Waals surface area contributed by atoms with Crippen LogP contribution in [0.3, 0.4) is 0 Å². The van der Waals surface area contributed by atoms with Crippen LogP contribution in [-0.4, -0.2) is 35.0 Å². The second-order valence-corrected chi connectivity index (χ2v) is 6.08. The van der Waals surface area contributed by atoms with Crippen LogP contribution in [0.15, 0.2) is 4.52 Å². The molecule has 1 aromatic heterocycles. The van der Waals surface area contributed by atoms with Crippen molar-refractivity contribution in [2.45, 2.75) is 57.9 Å². The fraction of sp³-hybridized carbons (Fsp3) is 0.733. The van der Waals surface area contributed by atoms with Crippen LogP contribution in [0.1, 0.15) is 55.5 Å². The summed E-state index contributed by atoms with van der Waals surface area (Å²) in [7, 11) is 0. The van der Waals surface area contributed by atoms with Crippen molar-refractivity contribution in [1.82, 2.24) is 15.8 Å². The van der Waals surface area contributed by atoms with Crippen LogP contribution in [-0.2, 0) is 0 Å². The van der Waals surface area contributed by atoms with E-state index in [-0.39, 0.29) is 24.1 Å². The first-order valence-electron chi connectivity index (χ1n) is 7.57. The van der Waals surface area contributed by atoms with Gasteiger partial charge in [0.15, 0.2) is 0 Å². The van der Waals surface area contributed by atoms with E-state index in [2.05, 4.69) is 15.8 Å². The Labute approximate surface area is 125 Å². The van der Waals surface area contributed by atoms with Gasteiger partial charge >= 0.3 is 6.03 Å². The molecular weight excluding hydrogens is 270 g/mol. The van der Waals surface area contributed by atoms with Gasteiger partial charge in [-0.3, -0.25) is 0 Å². The molecular formula is C15H25N3O3. The minimum absolute atomic E-state index is 0.107. The molecule has 1 fully saturated rings. The first kappa shape index (κ1) is 15.8. The van der Waals surface area contributed by atoms with Gasteiger partial charge in [0.1, 0.15) is 5.76 Å². The van der Waals surface area contributed by atoms with Crippen LogP contribution in [0.2, 0.25) is 0 Å². The Balaban J connectivity index is 1.84. The lowest BCUT2D eigenvalue weighted by Gasteiger charge is -2.42. The van der Waals surface area contributed by atoms with Crippen molar-refractivity contribution < 1.29 is 14.4 Å². The van der Waals surface area contributed by atoms with E-state index >= 15 is 0 Å². The van der Waals surface area contributed by atoms with Gasteiger partial charge in [-0.25, -0.2) is 4.79 Å². The van der Waals surface area contributed by atoms with Crippen LogP contribution in [0.25, 0.3) is 0 Å². The molecule has 1 aliphatic carbocycles. The molecule has 0 bridgehead atoms. The normalized spacial score (nSPS) is 17.9. The minimum Gasteiger partial charge on any atom is -0.396 e. The molecule has 1 aromatic rings. The maximum absolute atomic E-state index is 12.0. The van der Waals surface area contributed by atoms with Gasteiger partial charge in [0.2, 0.25) is 0 Å². The van der Waals surface area contributed by atoms with Gasteiger partial charge in [0, 0.05) is 30.2 Å². The molecule has 1 aliphatic rings. The summed E-state index contributed by atoms with van der Waals surface area (Å²) in [5, 5.41) is 19.0. The Morgan fingerprint density at radius 3 is 2.67 bits per heavy atom. The van der Waals surface area contributed by atoms with E-state index in [9.17, 15) is 4.79 Å². The van der Waals surface area contributed by atoms with Gasteiger partial charge in [0.25, 0.3) is 0 Å². The van der Waals surface area contributed by atoms with Crippen LogP contribution < -0.4 is 10.6 Å². The van der Waals surface area contributed by atoms with Gasteiger partial charge in [-0.1, -0.05) is 12.1 Å². The van der Waals surface area contributed by atoms with Crippen molar-refractivity contribution in [2.75, 3.05) is 13.2 Å². The first-order valence-corrected chi connectivity index (χ1v) is 7.57. The van der Waals surface area contributed by atoms with Gasteiger partial charge < -0.3 is 20.3 Å². The predicted octanol–water partition coefficient (Wildman–Crippen LogP) is 2.00. The number of aromatic nitrogens is 1. The molecule has 0 aromatic carbocycles. The number of aryl methyl sites for hydroxylation is 2. The molecule has 0 radical (unpaired) electrons. The van der Waals surface area contributed by atoms with Crippen LogP contribution >= 0.6 is 0 Å². The Kier molecular flexibility index (Phi) is 4.88. The van der Waals surface area contributed by atoms with Crippen molar-refractivity contribution in [3.63, 3.8) is 0 Å². The summed E-state index contributed by atoms with van der Waals surface area (Å²) in [5.74, 6) is 0.954. The number of amides is 2. The van der Waals surface area contributed by atoms with E-state index in [1.807, 2.05) is 20.8 Å². The number of aliphatic hydroxyl groups is 1. The molecule has 0 unspecified atom stereocenters. The number of rotatable bonds is 6. The van der Waals surface area contributed by atoms with Gasteiger partial charge in [-0.2, -0.15) is 0 Å². The van der Waals surface area contributed by atoms with Crippen LogP contribution in [0, 0.1) is 13.8 Å². The number of carbonyl (C=O) groups is 1. The van der Waals surface area contributed by atoms with Gasteiger partial charge in [-0.15, -0.1) is 0 Å². The molecule has 6 nitrogen and oxygen atoms in total. The molecule has 2 rings (SSSR count). The van der Waals surface area contributed by atoms with Crippen molar-refractivity contribution in [2.24, 2.45) is 0 Å². The standard InChI is InChI=1S/C15H25N3O3/c1-10(13-11(2)18-21-12(13)3)9-16-14(20)17-15(7-8-19)5-4-6-15/h10,19H,4-9H2,1-3H3,(H2,16,17,20)/t10-/m1/s1. The van der Waals surface area contributed by atoms with E-state index in [1.54, 1.807) is 0 Å². The summed E-state index contributed by atoms with van der Waals surface area (Å²) in [5.41, 5.74) is 1.73. The van der Waals surface area contributed by atoms with E-state index in [4.69, 9.17) is 9.63 Å². The van der Waals surface area contributed by atoms with E-state index in [0.717, 1.165) is 36.3 Å². The van der Waals surface area contributed by atoms with Gasteiger partial charge in [0.05, 0.1) is 5.69 Å². The third-order valence-electron chi connectivity index (χ3n) is 4.43. The van der Waals surface area contributed by atoms with Crippen molar-refractivity contribution in [1.29, 1.82) is 0 Å². The molecule has 0 saturated heterocycles. The SMILES string of the molecule is Cc1noc(C)c1[C@H](C)CNC(=O)NC1(CCO)CCC1. The van der Waals surface area contributed by atoms with Gasteiger partial charge in [-0.05, 0) is 39.5 Å². The third kappa shape index (κ3) is 3.56. The second-order valence-electron chi connectivity index (χ2n) is 6.08. The monoisotopic (exact) mass is 295 g/mol. The topological polar surface area (TPSA) is 87.4 Å². The number of hydrogen-bond acceptors (Lipinski definition) is 4. The summed E-state index contributed by atoms with van der Waals surface area (Å²) >= 11 is 0. The summed E-state index contributed by atoms with van der Waals surface area (Å²) in [6.07, 6.45) is 3.62. The zero-order valence-electron chi connectivity index (χ0n) is 13.0. The van der Waals surface area contributed by atoms with E-state index in [0.29, 0.717) is 13.0 Å². The Bertz CT molecular complexity index is 475. The number of nitrogens with one attached hydrogen (secondary N) is 2. The molecule has 3 N–H and O–H groups in total. The molecule has 0 aliphatic heterocycles. The molecule has 1 saturated carbocycles. The molecule has 0 spiro atoms. The second kappa shape index (κ2) is 6.47. The highest BCUT2D eigenvalue weighted by Gasteiger charge is 2.37. The van der Waals surface area contributed by atoms with E-state index < -0.39 is 0 Å². The molecule has 2 amide bonds. The predicted molar refractivity (Wildman–Crippen MR) is 79.2 cm³/mol. The van der Waals surface area contributed by atoms with Crippen molar-refractivity contribution >= 4 is 6.03 Å². The van der Waals surface area contributed by atoms with Crippen molar-refractivity contribution in [3.05, 3.63) is 17.0 Å². The fourth-order valence-corrected chi connectivity index (χ4v) is 3.08. The molecule has 1 heterocycles. The number of aliphatic hydroxyl groups excluding tert-OH is 1. The number of hydrogen-bond donors (Lipinski definition) is 3. The first-order chi connectivity index (χ1) is 9.97. The Morgan fingerprint density at radius 1 is 1.48 bits per heavy atom. The van der Waals surface area contributed by atoms with Crippen LogP contribution in [0.4, 0.5) is 4.79 Å². The Hall–Kier alpha value is -1.56. The lowest BCUT2D eigenvalue weighted by molar-refractivity contribution is 0.135. The highest BCUT2D eigenvalue weighted by molar-refractivity contribution is 5.75. The zero-order valence-corrected chi connectivity index (χ0v) is 13.0. The summed E-state index contributed by atoms with van der Waals surface area (Å²) in [6, 6.07) is -0.165. The maximum atomic E-state index is 12.0. The molecule has 6 heteroatoms. The highest BCUT2D eigenvalue weighted by atomic mass is 16.5. The average Bonchev–Trinajstić information content (AvgIpc) is 2.73. The minimum atomic E-state index is -0.203. The van der Waals surface area contributed by atoms with E-state index in [1.165, 1.54) is 0 Å². The largest absolute Gasteiger partial charge is 0.396 e. The Morgan fingerprint density at radius 2 is 2.19 bits per heavy atom. The number of nitrogens with zero attached hydrogens (tertiary/aromatic N) is 1. The lowest BCUT2D eigenvalue weighted by Crippen LogP contribution is -2.57.